The molecule has 3 aromatic rings. The van der Waals surface area contributed by atoms with E-state index in [1.165, 1.54) is 12.1 Å². The summed E-state index contributed by atoms with van der Waals surface area (Å²) in [6, 6.07) is 12.8. The zero-order chi connectivity index (χ0) is 19.9. The van der Waals surface area contributed by atoms with Gasteiger partial charge in [0.25, 0.3) is 5.95 Å². The lowest BCUT2D eigenvalue weighted by Gasteiger charge is -2.24. The number of halogens is 2. The van der Waals surface area contributed by atoms with E-state index in [0.29, 0.717) is 11.0 Å². The van der Waals surface area contributed by atoms with Crippen LogP contribution in [0.2, 0.25) is 5.02 Å². The van der Waals surface area contributed by atoms with Crippen molar-refractivity contribution < 1.29 is 12.8 Å². The van der Waals surface area contributed by atoms with E-state index >= 15 is 0 Å². The fourth-order valence-corrected chi connectivity index (χ4v) is 3.44. The van der Waals surface area contributed by atoms with E-state index in [4.69, 9.17) is 11.6 Å². The number of allylic oxidation sites excluding steroid dienone is 1. The zero-order valence-electron chi connectivity index (χ0n) is 14.6. The van der Waals surface area contributed by atoms with Gasteiger partial charge in [0.05, 0.1) is 6.26 Å². The molecule has 28 heavy (non-hydrogen) atoms. The maximum absolute atomic E-state index is 13.4. The SMILES string of the molecule is CS(=O)(=O)Nc1nc2n(n1)[C@H](c1ccc(F)cc1)C=C(c1ccc(Cl)cc1)N2. The van der Waals surface area contributed by atoms with E-state index < -0.39 is 16.1 Å². The number of aromatic nitrogens is 3. The molecule has 1 aliphatic heterocycles. The largest absolute Gasteiger partial charge is 0.324 e. The van der Waals surface area contributed by atoms with Crippen LogP contribution in [0.1, 0.15) is 17.2 Å². The minimum absolute atomic E-state index is 0.0529. The van der Waals surface area contributed by atoms with Gasteiger partial charge in [0.1, 0.15) is 11.9 Å². The molecule has 0 bridgehead atoms. The first-order valence-corrected chi connectivity index (χ1v) is 10.5. The normalized spacial score (nSPS) is 16.1. The summed E-state index contributed by atoms with van der Waals surface area (Å²) in [7, 11) is -3.53. The number of fused-ring (bicyclic) bond motifs is 1. The van der Waals surface area contributed by atoms with Crippen LogP contribution in [0.4, 0.5) is 16.3 Å². The summed E-state index contributed by atoms with van der Waals surface area (Å²) in [4.78, 5) is 4.23. The molecule has 144 valence electrons. The Kier molecular flexibility index (Phi) is 4.56. The van der Waals surface area contributed by atoms with Crippen molar-refractivity contribution in [3.05, 3.63) is 76.6 Å². The Bertz CT molecular complexity index is 1160. The number of rotatable bonds is 4. The summed E-state index contributed by atoms with van der Waals surface area (Å²) in [5.41, 5.74) is 2.38. The summed E-state index contributed by atoms with van der Waals surface area (Å²) in [6.45, 7) is 0. The van der Waals surface area contributed by atoms with Gasteiger partial charge in [-0.25, -0.2) is 17.5 Å². The predicted molar refractivity (Wildman–Crippen MR) is 106 cm³/mol. The quantitative estimate of drug-likeness (QED) is 0.675. The van der Waals surface area contributed by atoms with Crippen molar-refractivity contribution in [3.8, 4) is 0 Å². The molecule has 0 aliphatic carbocycles. The van der Waals surface area contributed by atoms with Crippen LogP contribution in [-0.4, -0.2) is 29.4 Å². The van der Waals surface area contributed by atoms with Gasteiger partial charge in [0.15, 0.2) is 0 Å². The first-order chi connectivity index (χ1) is 13.3. The van der Waals surface area contributed by atoms with E-state index in [1.54, 1.807) is 28.9 Å². The van der Waals surface area contributed by atoms with E-state index in [1.807, 2.05) is 18.2 Å². The standard InChI is InChI=1S/C18H15ClFN5O2S/c1-28(26,27)24-17-22-18-21-15(11-2-6-13(19)7-3-11)10-16(25(18)23-17)12-4-8-14(20)9-5-12/h2-10,16H,1H3,(H2,21,22,23,24)/t16-/m0/s1. The van der Waals surface area contributed by atoms with Crippen LogP contribution in [0.5, 0.6) is 0 Å². The number of anilines is 2. The van der Waals surface area contributed by atoms with Gasteiger partial charge in [0, 0.05) is 10.7 Å². The fraction of sp³-hybridized carbons (Fsp3) is 0.111. The molecule has 0 fully saturated rings. The van der Waals surface area contributed by atoms with E-state index in [9.17, 15) is 12.8 Å². The first-order valence-electron chi connectivity index (χ1n) is 8.23. The van der Waals surface area contributed by atoms with Crippen molar-refractivity contribution >= 4 is 39.2 Å². The average Bonchev–Trinajstić information content (AvgIpc) is 3.02. The van der Waals surface area contributed by atoms with Crippen molar-refractivity contribution in [2.24, 2.45) is 0 Å². The molecule has 2 N–H and O–H groups in total. The van der Waals surface area contributed by atoms with Gasteiger partial charge < -0.3 is 5.32 Å². The lowest BCUT2D eigenvalue weighted by Crippen LogP contribution is -2.20. The molecule has 1 atom stereocenters. The van der Waals surface area contributed by atoms with Gasteiger partial charge in [0.2, 0.25) is 16.0 Å². The lowest BCUT2D eigenvalue weighted by molar-refractivity contribution is 0.600. The number of nitrogens with zero attached hydrogens (tertiary/aromatic N) is 3. The van der Waals surface area contributed by atoms with Crippen molar-refractivity contribution in [2.45, 2.75) is 6.04 Å². The molecule has 4 rings (SSSR count). The molecule has 0 amide bonds. The Hall–Kier alpha value is -2.91. The molecule has 0 saturated heterocycles. The summed E-state index contributed by atoms with van der Waals surface area (Å²) in [5.74, 6) is -0.0476. The van der Waals surface area contributed by atoms with Crippen molar-refractivity contribution in [2.75, 3.05) is 16.3 Å². The molecule has 0 unspecified atom stereocenters. The van der Waals surface area contributed by atoms with E-state index in [2.05, 4.69) is 20.1 Å². The van der Waals surface area contributed by atoms with Gasteiger partial charge in [-0.3, -0.25) is 4.72 Å². The smallest absolute Gasteiger partial charge is 0.257 e. The molecule has 2 heterocycles. The molecule has 0 radical (unpaired) electrons. The molecule has 0 spiro atoms. The lowest BCUT2D eigenvalue weighted by atomic mass is 10.0. The molecule has 10 heteroatoms. The van der Waals surface area contributed by atoms with Crippen LogP contribution in [0.3, 0.4) is 0 Å². The number of hydrogen-bond acceptors (Lipinski definition) is 5. The van der Waals surface area contributed by atoms with Crippen molar-refractivity contribution in [1.82, 2.24) is 14.8 Å². The van der Waals surface area contributed by atoms with Gasteiger partial charge in [-0.15, -0.1) is 5.10 Å². The van der Waals surface area contributed by atoms with Gasteiger partial charge in [-0.1, -0.05) is 35.9 Å². The van der Waals surface area contributed by atoms with Crippen LogP contribution >= 0.6 is 11.6 Å². The minimum atomic E-state index is -3.53. The highest BCUT2D eigenvalue weighted by molar-refractivity contribution is 7.91. The Morgan fingerprint density at radius 1 is 1.14 bits per heavy atom. The molecular weight excluding hydrogens is 405 g/mol. The number of nitrogens with one attached hydrogen (secondary N) is 2. The predicted octanol–water partition coefficient (Wildman–Crippen LogP) is 3.50. The molecule has 2 aromatic carbocycles. The second-order valence-corrected chi connectivity index (χ2v) is 8.47. The monoisotopic (exact) mass is 419 g/mol. The Morgan fingerprint density at radius 3 is 2.46 bits per heavy atom. The Balaban J connectivity index is 1.80. The molecule has 0 saturated carbocycles. The highest BCUT2D eigenvalue weighted by Gasteiger charge is 2.26. The number of sulfonamides is 1. The Labute approximate surface area is 165 Å². The third kappa shape index (κ3) is 3.85. The summed E-state index contributed by atoms with van der Waals surface area (Å²) >= 11 is 5.97. The van der Waals surface area contributed by atoms with Crippen LogP contribution < -0.4 is 10.0 Å². The topological polar surface area (TPSA) is 88.9 Å². The maximum atomic E-state index is 13.4. The third-order valence-electron chi connectivity index (χ3n) is 4.11. The number of hydrogen-bond donors (Lipinski definition) is 2. The Morgan fingerprint density at radius 2 is 1.82 bits per heavy atom. The van der Waals surface area contributed by atoms with E-state index in [0.717, 1.165) is 23.1 Å². The van der Waals surface area contributed by atoms with Gasteiger partial charge in [-0.05, 0) is 41.5 Å². The second kappa shape index (κ2) is 6.92. The summed E-state index contributed by atoms with van der Waals surface area (Å²) in [6.07, 6.45) is 2.93. The second-order valence-electron chi connectivity index (χ2n) is 6.29. The first kappa shape index (κ1) is 18.5. The maximum Gasteiger partial charge on any atom is 0.257 e. The third-order valence-corrected chi connectivity index (χ3v) is 4.91. The average molecular weight is 420 g/mol. The molecule has 7 nitrogen and oxygen atoms in total. The van der Waals surface area contributed by atoms with Gasteiger partial charge in [-0.2, -0.15) is 4.98 Å². The van der Waals surface area contributed by atoms with Crippen molar-refractivity contribution in [3.63, 3.8) is 0 Å². The molecular formula is C18H15ClFN5O2S. The van der Waals surface area contributed by atoms with Gasteiger partial charge >= 0.3 is 0 Å². The number of benzene rings is 2. The zero-order valence-corrected chi connectivity index (χ0v) is 16.2. The fourth-order valence-electron chi connectivity index (χ4n) is 2.90. The van der Waals surface area contributed by atoms with Crippen LogP contribution in [0, 0.1) is 5.82 Å². The van der Waals surface area contributed by atoms with Crippen LogP contribution in [0.15, 0.2) is 54.6 Å². The molecule has 1 aliphatic rings. The molecule has 1 aromatic heterocycles. The summed E-state index contributed by atoms with van der Waals surface area (Å²) in [5, 5.41) is 8.01. The highest BCUT2D eigenvalue weighted by Crippen LogP contribution is 2.33. The minimum Gasteiger partial charge on any atom is -0.324 e. The van der Waals surface area contributed by atoms with Crippen LogP contribution in [-0.2, 0) is 10.0 Å². The summed E-state index contributed by atoms with van der Waals surface area (Å²) < 4.78 is 40.2. The van der Waals surface area contributed by atoms with E-state index in [-0.39, 0.29) is 11.8 Å². The van der Waals surface area contributed by atoms with Crippen LogP contribution in [0.25, 0.3) is 5.70 Å². The highest BCUT2D eigenvalue weighted by atomic mass is 35.5. The van der Waals surface area contributed by atoms with Crippen molar-refractivity contribution in [1.29, 1.82) is 0 Å².